The molecule has 0 amide bonds. The molecule has 0 spiro atoms. The van der Waals surface area contributed by atoms with E-state index < -0.39 is 0 Å². The summed E-state index contributed by atoms with van der Waals surface area (Å²) in [7, 11) is 3.22. The topological polar surface area (TPSA) is 51.3 Å². The van der Waals surface area contributed by atoms with Crippen LogP contribution < -0.4 is 0 Å². The van der Waals surface area contributed by atoms with Crippen LogP contribution in [0.1, 0.15) is 32.1 Å². The van der Waals surface area contributed by atoms with E-state index in [-0.39, 0.29) is 17.6 Å². The summed E-state index contributed by atoms with van der Waals surface area (Å²) in [4.78, 5) is 14.1. The number of hydrogen-bond acceptors (Lipinski definition) is 5. The minimum Gasteiger partial charge on any atom is -0.466 e. The predicted molar refractivity (Wildman–Crippen MR) is 82.6 cm³/mol. The van der Waals surface area contributed by atoms with Crippen LogP contribution >= 0.6 is 0 Å². The summed E-state index contributed by atoms with van der Waals surface area (Å²) in [6, 6.07) is 0. The number of likely N-dealkylation sites (tertiary alicyclic amines) is 1. The summed E-state index contributed by atoms with van der Waals surface area (Å²) < 4.78 is 15.8. The second-order valence-corrected chi connectivity index (χ2v) is 6.70. The Bertz CT molecular complexity index is 434. The van der Waals surface area contributed by atoms with Crippen molar-refractivity contribution in [1.29, 1.82) is 0 Å². The minimum atomic E-state index is -0.273. The molecule has 2 aliphatic heterocycles. The number of esters is 1. The zero-order chi connectivity index (χ0) is 15.6. The van der Waals surface area contributed by atoms with Crippen LogP contribution in [0.3, 0.4) is 0 Å². The Balaban J connectivity index is 1.78. The van der Waals surface area contributed by atoms with Crippen LogP contribution in [0.5, 0.6) is 0 Å². The number of methoxy groups -OCH3 is 2. The normalized spacial score (nSPS) is 38.2. The molecule has 124 valence electrons. The molecule has 0 unspecified atom stereocenters. The summed E-state index contributed by atoms with van der Waals surface area (Å²) in [5, 5.41) is 0. The standard InChI is InChI=1S/C17H27NO4/c1-20-14-4-3-13-6-9-18(10-7-15-12-22-15)17(13,11-14)8-5-16(19)21-2/h5,8,13-15H,3-4,6-7,9-12H2,1-2H3/b8-5+/t13-,14-,15+,17-/m0/s1. The SMILES string of the molecule is COC(=O)/C=C/[C@]12C[C@@H](OC)CC[C@H]1CCN2CC[C@@H]1CO1. The van der Waals surface area contributed by atoms with Gasteiger partial charge in [-0.25, -0.2) is 4.79 Å². The Hall–Kier alpha value is -0.910. The van der Waals surface area contributed by atoms with Gasteiger partial charge in [0.25, 0.3) is 0 Å². The lowest BCUT2D eigenvalue weighted by molar-refractivity contribution is -0.134. The summed E-state index contributed by atoms with van der Waals surface area (Å²) in [5.41, 5.74) is -0.0536. The van der Waals surface area contributed by atoms with Crippen molar-refractivity contribution in [2.24, 2.45) is 5.92 Å². The van der Waals surface area contributed by atoms with Gasteiger partial charge in [-0.15, -0.1) is 0 Å². The van der Waals surface area contributed by atoms with Gasteiger partial charge < -0.3 is 14.2 Å². The molecule has 5 heteroatoms. The number of epoxide rings is 1. The first kappa shape index (κ1) is 16.0. The highest BCUT2D eigenvalue weighted by atomic mass is 16.6. The lowest BCUT2D eigenvalue weighted by Gasteiger charge is -2.46. The molecule has 1 aliphatic carbocycles. The van der Waals surface area contributed by atoms with E-state index in [4.69, 9.17) is 14.2 Å². The molecule has 2 heterocycles. The maximum absolute atomic E-state index is 11.6. The van der Waals surface area contributed by atoms with E-state index in [1.54, 1.807) is 13.2 Å². The van der Waals surface area contributed by atoms with E-state index in [1.807, 2.05) is 0 Å². The number of fused-ring (bicyclic) bond motifs is 1. The molecule has 0 bridgehead atoms. The third kappa shape index (κ3) is 3.21. The van der Waals surface area contributed by atoms with Crippen LogP contribution in [-0.4, -0.2) is 62.5 Å². The number of nitrogens with zero attached hydrogens (tertiary/aromatic N) is 1. The fourth-order valence-corrected chi connectivity index (χ4v) is 4.22. The second-order valence-electron chi connectivity index (χ2n) is 6.70. The average Bonchev–Trinajstić information content (AvgIpc) is 3.31. The number of carbonyl (C=O) groups excluding carboxylic acids is 1. The van der Waals surface area contributed by atoms with Crippen molar-refractivity contribution in [3.8, 4) is 0 Å². The monoisotopic (exact) mass is 309 g/mol. The van der Waals surface area contributed by atoms with Gasteiger partial charge in [0.1, 0.15) is 0 Å². The van der Waals surface area contributed by atoms with Gasteiger partial charge in [0, 0.05) is 25.3 Å². The fraction of sp³-hybridized carbons (Fsp3) is 0.824. The molecule has 0 aromatic rings. The quantitative estimate of drug-likeness (QED) is 0.425. The molecule has 3 rings (SSSR count). The van der Waals surface area contributed by atoms with E-state index in [2.05, 4.69) is 11.0 Å². The van der Waals surface area contributed by atoms with Gasteiger partial charge >= 0.3 is 5.97 Å². The Kier molecular flexibility index (Phi) is 4.85. The third-order valence-electron chi connectivity index (χ3n) is 5.60. The van der Waals surface area contributed by atoms with E-state index in [0.717, 1.165) is 39.0 Å². The molecule has 3 aliphatic rings. The van der Waals surface area contributed by atoms with Gasteiger partial charge in [-0.2, -0.15) is 0 Å². The van der Waals surface area contributed by atoms with Crippen LogP contribution in [0.25, 0.3) is 0 Å². The average molecular weight is 309 g/mol. The molecule has 0 aromatic heterocycles. The van der Waals surface area contributed by atoms with E-state index >= 15 is 0 Å². The summed E-state index contributed by atoms with van der Waals surface area (Å²) in [6.07, 6.45) is 9.96. The number of carbonyl (C=O) groups is 1. The first-order valence-electron chi connectivity index (χ1n) is 8.34. The molecule has 1 saturated carbocycles. The molecular formula is C17H27NO4. The van der Waals surface area contributed by atoms with Crippen LogP contribution in [0.15, 0.2) is 12.2 Å². The highest BCUT2D eigenvalue weighted by molar-refractivity contribution is 5.82. The minimum absolute atomic E-state index is 0.0536. The van der Waals surface area contributed by atoms with Crippen molar-refractivity contribution in [2.75, 3.05) is 33.9 Å². The van der Waals surface area contributed by atoms with Gasteiger partial charge in [-0.05, 0) is 44.6 Å². The number of rotatable bonds is 6. The van der Waals surface area contributed by atoms with Crippen LogP contribution in [0.2, 0.25) is 0 Å². The van der Waals surface area contributed by atoms with Gasteiger partial charge in [0.05, 0.1) is 25.9 Å². The van der Waals surface area contributed by atoms with Gasteiger partial charge in [0.15, 0.2) is 0 Å². The molecule has 2 saturated heterocycles. The van der Waals surface area contributed by atoms with Crippen molar-refractivity contribution in [1.82, 2.24) is 4.90 Å². The fourth-order valence-electron chi connectivity index (χ4n) is 4.22. The first-order valence-corrected chi connectivity index (χ1v) is 8.34. The molecule has 5 nitrogen and oxygen atoms in total. The lowest BCUT2D eigenvalue weighted by atomic mass is 9.71. The number of hydrogen-bond donors (Lipinski definition) is 0. The molecule has 0 N–H and O–H groups in total. The van der Waals surface area contributed by atoms with Gasteiger partial charge in [-0.3, -0.25) is 4.90 Å². The van der Waals surface area contributed by atoms with Crippen molar-refractivity contribution in [3.05, 3.63) is 12.2 Å². The second kappa shape index (κ2) is 6.69. The van der Waals surface area contributed by atoms with Gasteiger partial charge in [0.2, 0.25) is 0 Å². The van der Waals surface area contributed by atoms with Crippen LogP contribution in [0, 0.1) is 5.92 Å². The molecule has 22 heavy (non-hydrogen) atoms. The summed E-state index contributed by atoms with van der Waals surface area (Å²) >= 11 is 0. The van der Waals surface area contributed by atoms with Crippen molar-refractivity contribution >= 4 is 5.97 Å². The van der Waals surface area contributed by atoms with E-state index in [9.17, 15) is 4.79 Å². The van der Waals surface area contributed by atoms with Crippen molar-refractivity contribution in [2.45, 2.75) is 49.9 Å². The zero-order valence-corrected chi connectivity index (χ0v) is 13.6. The molecule has 4 atom stereocenters. The van der Waals surface area contributed by atoms with Crippen LogP contribution in [-0.2, 0) is 19.0 Å². The highest BCUT2D eigenvalue weighted by Gasteiger charge is 2.50. The highest BCUT2D eigenvalue weighted by Crippen LogP contribution is 2.47. The molecule has 0 radical (unpaired) electrons. The molecular weight excluding hydrogens is 282 g/mol. The maximum atomic E-state index is 11.6. The summed E-state index contributed by atoms with van der Waals surface area (Å²) in [5.74, 6) is 0.338. The largest absolute Gasteiger partial charge is 0.466 e. The Morgan fingerprint density at radius 2 is 2.18 bits per heavy atom. The third-order valence-corrected chi connectivity index (χ3v) is 5.60. The van der Waals surface area contributed by atoms with E-state index in [0.29, 0.717) is 12.0 Å². The molecule has 0 aromatic carbocycles. The van der Waals surface area contributed by atoms with E-state index in [1.165, 1.54) is 20.0 Å². The first-order chi connectivity index (χ1) is 10.7. The number of ether oxygens (including phenoxy) is 3. The lowest BCUT2D eigenvalue weighted by Crippen LogP contribution is -2.52. The Labute approximate surface area is 132 Å². The van der Waals surface area contributed by atoms with Crippen LogP contribution in [0.4, 0.5) is 0 Å². The Morgan fingerprint density at radius 1 is 1.36 bits per heavy atom. The smallest absolute Gasteiger partial charge is 0.330 e. The maximum Gasteiger partial charge on any atom is 0.330 e. The van der Waals surface area contributed by atoms with Crippen molar-refractivity contribution < 1.29 is 19.0 Å². The predicted octanol–water partition coefficient (Wildman–Crippen LogP) is 1.76. The van der Waals surface area contributed by atoms with Crippen molar-refractivity contribution in [3.63, 3.8) is 0 Å². The zero-order valence-electron chi connectivity index (χ0n) is 13.6. The Morgan fingerprint density at radius 3 is 2.86 bits per heavy atom. The summed E-state index contributed by atoms with van der Waals surface area (Å²) in [6.45, 7) is 3.03. The molecule has 3 fully saturated rings. The van der Waals surface area contributed by atoms with Gasteiger partial charge in [-0.1, -0.05) is 6.08 Å².